The van der Waals surface area contributed by atoms with E-state index in [-0.39, 0.29) is 19.5 Å². The van der Waals surface area contributed by atoms with Crippen molar-refractivity contribution < 1.29 is 19.5 Å². The van der Waals surface area contributed by atoms with Gasteiger partial charge in [-0.15, -0.1) is 6.42 Å². The van der Waals surface area contributed by atoms with Crippen LogP contribution in [0.5, 0.6) is 0 Å². The van der Waals surface area contributed by atoms with Crippen LogP contribution in [0.4, 0.5) is 5.69 Å². The first-order valence-corrected chi connectivity index (χ1v) is 3.13. The van der Waals surface area contributed by atoms with Gasteiger partial charge in [0.15, 0.2) is 0 Å². The Morgan fingerprint density at radius 3 is 2.90 bits per heavy atom. The molecule has 0 amide bonds. The molecule has 0 spiro atoms. The third-order valence-electron chi connectivity index (χ3n) is 1.60. The van der Waals surface area contributed by atoms with E-state index in [1.165, 1.54) is 11.3 Å². The summed E-state index contributed by atoms with van der Waals surface area (Å²) in [6, 6.07) is 8.36. The first-order chi connectivity index (χ1) is 4.47. The summed E-state index contributed by atoms with van der Waals surface area (Å²) < 4.78 is 0. The van der Waals surface area contributed by atoms with E-state index < -0.39 is 0 Å². The molecule has 1 radical (unpaired) electrons. The van der Waals surface area contributed by atoms with E-state index in [2.05, 4.69) is 30.1 Å². The fraction of sp³-hybridized carbons (Fsp3) is 0.125. The summed E-state index contributed by atoms with van der Waals surface area (Å²) in [6.07, 6.45) is 1.07. The second-order valence-electron chi connectivity index (χ2n) is 2.21. The van der Waals surface area contributed by atoms with Crippen molar-refractivity contribution in [3.63, 3.8) is 0 Å². The van der Waals surface area contributed by atoms with Crippen LogP contribution in [0.3, 0.4) is 0 Å². The van der Waals surface area contributed by atoms with Crippen LogP contribution in [0.25, 0.3) is 0 Å². The fourth-order valence-electron chi connectivity index (χ4n) is 1.11. The molecule has 53 valence electrons. The van der Waals surface area contributed by atoms with Gasteiger partial charge in [-0.2, -0.15) is 0 Å². The third kappa shape index (κ3) is 1.22. The van der Waals surface area contributed by atoms with Gasteiger partial charge in [-0.3, -0.25) is 0 Å². The van der Waals surface area contributed by atoms with Gasteiger partial charge in [0.2, 0.25) is 0 Å². The predicted octanol–water partition coefficient (Wildman–Crippen LogP) is 1.81. The Balaban J connectivity index is 0.000000500. The van der Waals surface area contributed by atoms with E-state index in [1.807, 2.05) is 6.07 Å². The summed E-state index contributed by atoms with van der Waals surface area (Å²) in [7, 11) is 0. The predicted molar refractivity (Wildman–Crippen MR) is 38.1 cm³/mol. The van der Waals surface area contributed by atoms with Crippen LogP contribution in [0.1, 0.15) is 5.56 Å². The normalized spacial score (nSPS) is 13.2. The monoisotopic (exact) mass is 220 g/mol. The Morgan fingerprint density at radius 2 is 2.10 bits per heavy atom. The minimum atomic E-state index is 0. The number of hydrogen-bond donors (Lipinski definition) is 1. The van der Waals surface area contributed by atoms with E-state index in [0.29, 0.717) is 0 Å². The molecule has 0 bridgehead atoms. The first kappa shape index (κ1) is 7.75. The molecule has 0 saturated carbocycles. The van der Waals surface area contributed by atoms with E-state index in [4.69, 9.17) is 0 Å². The molecular weight excluding hydrogens is 211 g/mol. The van der Waals surface area contributed by atoms with Crippen LogP contribution >= 0.6 is 0 Å². The van der Waals surface area contributed by atoms with Crippen molar-refractivity contribution in [1.82, 2.24) is 0 Å². The molecular formula is C8H8NRu. The average molecular weight is 219 g/mol. The smallest absolute Gasteiger partial charge is 0.535 e. The topological polar surface area (TPSA) is 12.0 Å². The van der Waals surface area contributed by atoms with Crippen LogP contribution in [-0.2, 0) is 25.9 Å². The first-order valence-electron chi connectivity index (χ1n) is 3.13. The minimum absolute atomic E-state index is 0. The number of para-hydroxylation sites is 1. The summed E-state index contributed by atoms with van der Waals surface area (Å²) in [6.45, 7) is 2.07. The zero-order valence-corrected chi connectivity index (χ0v) is 7.19. The van der Waals surface area contributed by atoms with Crippen LogP contribution < -0.4 is 5.32 Å². The minimum Gasteiger partial charge on any atom is -0.535 e. The molecule has 1 aromatic rings. The van der Waals surface area contributed by atoms with Gasteiger partial charge in [-0.25, -0.2) is 6.54 Å². The quantitative estimate of drug-likeness (QED) is 0.518. The maximum Gasteiger partial charge on any atom is 1.00 e. The van der Waals surface area contributed by atoms with Gasteiger partial charge in [0, 0.05) is 5.69 Å². The molecule has 1 aliphatic rings. The molecule has 1 aliphatic heterocycles. The number of fused-ring (bicyclic) bond motifs is 1. The van der Waals surface area contributed by atoms with Gasteiger partial charge in [-0.05, 0) is 6.07 Å². The molecule has 0 saturated heterocycles. The molecule has 10 heavy (non-hydrogen) atoms. The van der Waals surface area contributed by atoms with Crippen LogP contribution in [0.15, 0.2) is 24.3 Å². The molecule has 0 aromatic heterocycles. The van der Waals surface area contributed by atoms with Crippen molar-refractivity contribution in [3.05, 3.63) is 36.4 Å². The number of rotatable bonds is 0. The van der Waals surface area contributed by atoms with Gasteiger partial charge in [0.05, 0.1) is 0 Å². The van der Waals surface area contributed by atoms with E-state index >= 15 is 0 Å². The van der Waals surface area contributed by atoms with Gasteiger partial charge in [0.25, 0.3) is 0 Å². The van der Waals surface area contributed by atoms with Crippen molar-refractivity contribution in [2.75, 3.05) is 5.32 Å². The van der Waals surface area contributed by atoms with E-state index in [1.54, 1.807) is 0 Å². The molecule has 1 N–H and O–H groups in total. The molecule has 2 rings (SSSR count). The zero-order valence-electron chi connectivity index (χ0n) is 5.45. The Hall–Kier alpha value is -0.357. The molecule has 2 heteroatoms. The Labute approximate surface area is 73.6 Å². The maximum atomic E-state index is 3.18. The number of hydrogen-bond acceptors (Lipinski definition) is 1. The summed E-state index contributed by atoms with van der Waals surface area (Å²) >= 11 is 0. The second kappa shape index (κ2) is 3.16. The summed E-state index contributed by atoms with van der Waals surface area (Å²) in [5.74, 6) is 0. The van der Waals surface area contributed by atoms with Crippen LogP contribution in [-0.4, -0.2) is 0 Å². The molecule has 0 fully saturated rings. The van der Waals surface area contributed by atoms with Crippen molar-refractivity contribution in [2.24, 2.45) is 0 Å². The molecule has 0 atom stereocenters. The van der Waals surface area contributed by atoms with Crippen LogP contribution in [0, 0.1) is 6.54 Å². The van der Waals surface area contributed by atoms with E-state index in [0.717, 1.165) is 6.42 Å². The largest absolute Gasteiger partial charge is 1.00 e. The van der Waals surface area contributed by atoms with E-state index in [9.17, 15) is 0 Å². The van der Waals surface area contributed by atoms with Crippen molar-refractivity contribution in [2.45, 2.75) is 6.42 Å². The van der Waals surface area contributed by atoms with Crippen molar-refractivity contribution in [3.8, 4) is 0 Å². The molecule has 1 aromatic carbocycles. The van der Waals surface area contributed by atoms with Gasteiger partial charge in [-0.1, -0.05) is 23.8 Å². The molecule has 0 unspecified atom stereocenters. The van der Waals surface area contributed by atoms with Crippen molar-refractivity contribution >= 4 is 5.69 Å². The Kier molecular flexibility index (Phi) is 2.45. The summed E-state index contributed by atoms with van der Waals surface area (Å²) in [4.78, 5) is 0. The number of anilines is 1. The second-order valence-corrected chi connectivity index (χ2v) is 2.21. The van der Waals surface area contributed by atoms with Crippen LogP contribution in [0.2, 0.25) is 0 Å². The van der Waals surface area contributed by atoms with Gasteiger partial charge < -0.3 is 5.32 Å². The zero-order chi connectivity index (χ0) is 6.10. The Morgan fingerprint density at radius 1 is 1.30 bits per heavy atom. The average Bonchev–Trinajstić information content (AvgIpc) is 2.33. The van der Waals surface area contributed by atoms with Gasteiger partial charge in [0.1, 0.15) is 0 Å². The molecule has 0 aliphatic carbocycles. The molecule has 1 nitrogen and oxygen atoms in total. The van der Waals surface area contributed by atoms with Gasteiger partial charge >= 0.3 is 19.5 Å². The maximum absolute atomic E-state index is 3.18. The summed E-state index contributed by atoms with van der Waals surface area (Å²) in [5.41, 5.74) is 2.66. The number of nitrogens with one attached hydrogen (secondary N) is 1. The SMILES string of the molecule is [Ru+].c1ccc2c(c1)C[CH-]N2. The standard InChI is InChI=1S/C8H8N.Ru/c1-2-4-8-7(3-1)5-6-9-8;/h1-4,6,9H,5H2;/q-1;+1. The third-order valence-corrected chi connectivity index (χ3v) is 1.60. The molecule has 1 heterocycles. The van der Waals surface area contributed by atoms with Crippen molar-refractivity contribution in [1.29, 1.82) is 0 Å². The number of benzene rings is 1. The summed E-state index contributed by atoms with van der Waals surface area (Å²) in [5, 5.41) is 3.18. The fourth-order valence-corrected chi connectivity index (χ4v) is 1.11. The Bertz CT molecular complexity index is 199.